The summed E-state index contributed by atoms with van der Waals surface area (Å²) in [7, 11) is 0. The molecule has 104 valence electrons. The summed E-state index contributed by atoms with van der Waals surface area (Å²) in [5.74, 6) is -2.07. The van der Waals surface area contributed by atoms with Crippen molar-refractivity contribution in [1.29, 1.82) is 0 Å². The number of aliphatic carboxylic acids is 2. The van der Waals surface area contributed by atoms with Gasteiger partial charge in [-0.05, 0) is 12.8 Å². The number of carbonyl (C=O) groups excluding carboxylic acids is 1. The molecule has 0 atom stereocenters. The molecule has 0 fully saturated rings. The van der Waals surface area contributed by atoms with E-state index in [1.54, 1.807) is 0 Å². The van der Waals surface area contributed by atoms with Crippen LogP contribution in [-0.2, 0) is 14.4 Å². The van der Waals surface area contributed by atoms with Gasteiger partial charge in [-0.1, -0.05) is 26.7 Å². The van der Waals surface area contributed by atoms with E-state index >= 15 is 0 Å². The Labute approximate surface area is 108 Å². The van der Waals surface area contributed by atoms with E-state index in [4.69, 9.17) is 10.2 Å². The summed E-state index contributed by atoms with van der Waals surface area (Å²) in [5, 5.41) is 15.6. The van der Waals surface area contributed by atoms with Crippen LogP contribution < -0.4 is 0 Å². The summed E-state index contributed by atoms with van der Waals surface area (Å²) in [4.78, 5) is 30.0. The van der Waals surface area contributed by atoms with Gasteiger partial charge >= 0.3 is 11.9 Å². The highest BCUT2D eigenvalue weighted by Gasteiger charge is 1.97. The van der Waals surface area contributed by atoms with E-state index in [1.165, 1.54) is 12.8 Å². The molecular weight excluding hydrogens is 236 g/mol. The molecule has 0 aromatic heterocycles. The Kier molecular flexibility index (Phi) is 13.9. The lowest BCUT2D eigenvalue weighted by Crippen LogP contribution is -1.95. The van der Waals surface area contributed by atoms with Crippen molar-refractivity contribution in [3.8, 4) is 0 Å². The maximum atomic E-state index is 10.9. The molecule has 5 heteroatoms. The third kappa shape index (κ3) is 19.9. The number of unbranched alkanes of at least 4 members (excludes halogenated alkanes) is 2. The highest BCUT2D eigenvalue weighted by Crippen LogP contribution is 2.02. The molecule has 0 saturated heterocycles. The van der Waals surface area contributed by atoms with Crippen LogP contribution in [0, 0.1) is 0 Å². The van der Waals surface area contributed by atoms with Gasteiger partial charge in [0.25, 0.3) is 0 Å². The summed E-state index contributed by atoms with van der Waals surface area (Å²) in [6.07, 6.45) is 7.21. The number of rotatable bonds is 8. The quantitative estimate of drug-likeness (QED) is 0.516. The zero-order valence-corrected chi connectivity index (χ0v) is 11.0. The first-order chi connectivity index (χ1) is 8.43. The van der Waals surface area contributed by atoms with Crippen LogP contribution in [0.3, 0.4) is 0 Å². The Morgan fingerprint density at radius 1 is 0.833 bits per heavy atom. The van der Waals surface area contributed by atoms with E-state index in [0.29, 0.717) is 17.9 Å². The first kappa shape index (κ1) is 18.7. The topological polar surface area (TPSA) is 91.7 Å². The van der Waals surface area contributed by atoms with Crippen molar-refractivity contribution in [3.63, 3.8) is 0 Å². The highest BCUT2D eigenvalue weighted by atomic mass is 16.4. The maximum Gasteiger partial charge on any atom is 0.328 e. The van der Waals surface area contributed by atoms with Crippen LogP contribution in [0.15, 0.2) is 12.2 Å². The van der Waals surface area contributed by atoms with Gasteiger partial charge < -0.3 is 10.2 Å². The molecule has 0 radical (unpaired) electrons. The lowest BCUT2D eigenvalue weighted by atomic mass is 10.1. The Balaban J connectivity index is 0. The van der Waals surface area contributed by atoms with E-state index in [9.17, 15) is 14.4 Å². The van der Waals surface area contributed by atoms with E-state index in [1.807, 2.05) is 0 Å². The molecule has 0 aromatic rings. The molecule has 0 saturated carbocycles. The van der Waals surface area contributed by atoms with Crippen molar-refractivity contribution in [2.75, 3.05) is 0 Å². The second-order valence-corrected chi connectivity index (χ2v) is 3.76. The summed E-state index contributed by atoms with van der Waals surface area (Å²) in [5.41, 5.74) is 0. The van der Waals surface area contributed by atoms with Crippen molar-refractivity contribution in [1.82, 2.24) is 0 Å². The second-order valence-electron chi connectivity index (χ2n) is 3.76. The van der Waals surface area contributed by atoms with Crippen LogP contribution in [0.5, 0.6) is 0 Å². The van der Waals surface area contributed by atoms with Crippen molar-refractivity contribution in [3.05, 3.63) is 12.2 Å². The summed E-state index contributed by atoms with van der Waals surface area (Å²) in [6, 6.07) is 0. The predicted octanol–water partition coefficient (Wildman–Crippen LogP) is 2.65. The number of carboxylic acids is 2. The van der Waals surface area contributed by atoms with Crippen molar-refractivity contribution in [2.24, 2.45) is 0 Å². The van der Waals surface area contributed by atoms with Gasteiger partial charge in [-0.15, -0.1) is 0 Å². The van der Waals surface area contributed by atoms with Gasteiger partial charge in [0.05, 0.1) is 0 Å². The third-order valence-corrected chi connectivity index (χ3v) is 1.96. The van der Waals surface area contributed by atoms with E-state index in [-0.39, 0.29) is 0 Å². The number of Topliss-reactive ketones (excluding diaryl/α,β-unsaturated/α-hetero) is 1. The van der Waals surface area contributed by atoms with Crippen LogP contribution in [-0.4, -0.2) is 27.9 Å². The summed E-state index contributed by atoms with van der Waals surface area (Å²) < 4.78 is 0. The normalized spacial score (nSPS) is 9.67. The molecule has 0 rings (SSSR count). The summed E-state index contributed by atoms with van der Waals surface area (Å²) in [6.45, 7) is 4.21. The fraction of sp³-hybridized carbons (Fsp3) is 0.615. The van der Waals surface area contributed by atoms with Crippen LogP contribution in [0.1, 0.15) is 52.4 Å². The van der Waals surface area contributed by atoms with Crippen LogP contribution in [0.4, 0.5) is 0 Å². The fourth-order valence-corrected chi connectivity index (χ4v) is 1.12. The second kappa shape index (κ2) is 13.4. The van der Waals surface area contributed by atoms with Gasteiger partial charge in [-0.2, -0.15) is 0 Å². The lowest BCUT2D eigenvalue weighted by molar-refractivity contribution is -0.134. The average Bonchev–Trinajstić information content (AvgIpc) is 2.28. The Morgan fingerprint density at radius 3 is 1.67 bits per heavy atom. The Bertz CT molecular complexity index is 265. The molecule has 0 aromatic carbocycles. The maximum absolute atomic E-state index is 10.9. The van der Waals surface area contributed by atoms with Gasteiger partial charge in [0.15, 0.2) is 0 Å². The first-order valence-electron chi connectivity index (χ1n) is 6.09. The van der Waals surface area contributed by atoms with Gasteiger partial charge in [-0.3, -0.25) is 4.79 Å². The zero-order valence-electron chi connectivity index (χ0n) is 11.0. The minimum absolute atomic E-state index is 0.441. The molecule has 0 spiro atoms. The van der Waals surface area contributed by atoms with E-state index < -0.39 is 11.9 Å². The molecule has 0 amide bonds. The van der Waals surface area contributed by atoms with Gasteiger partial charge in [0.1, 0.15) is 5.78 Å². The molecule has 0 aliphatic carbocycles. The molecule has 2 N–H and O–H groups in total. The molecule has 0 aliphatic rings. The van der Waals surface area contributed by atoms with E-state index in [0.717, 1.165) is 25.7 Å². The standard InChI is InChI=1S/C9H18O.C4H4O4/c1-3-5-6-8-9(10)7-4-2;5-3(6)1-2-4(7)8/h3-8H2,1-2H3;1-2H,(H,5,6)(H,7,8)/b;2-1-. The monoisotopic (exact) mass is 258 g/mol. The fourth-order valence-electron chi connectivity index (χ4n) is 1.12. The highest BCUT2D eigenvalue weighted by molar-refractivity contribution is 5.89. The van der Waals surface area contributed by atoms with Crippen LogP contribution >= 0.6 is 0 Å². The molecular formula is C13H22O5. The minimum atomic E-state index is -1.26. The van der Waals surface area contributed by atoms with Crippen molar-refractivity contribution < 1.29 is 24.6 Å². The number of hydrogen-bond donors (Lipinski definition) is 2. The summed E-state index contributed by atoms with van der Waals surface area (Å²) >= 11 is 0. The number of carbonyl (C=O) groups is 3. The van der Waals surface area contributed by atoms with Crippen LogP contribution in [0.2, 0.25) is 0 Å². The Morgan fingerprint density at radius 2 is 1.33 bits per heavy atom. The number of hydrogen-bond acceptors (Lipinski definition) is 3. The number of carboxylic acid groups (broad SMARTS) is 2. The van der Waals surface area contributed by atoms with E-state index in [2.05, 4.69) is 13.8 Å². The molecule has 0 bridgehead atoms. The molecule has 0 heterocycles. The van der Waals surface area contributed by atoms with Crippen molar-refractivity contribution in [2.45, 2.75) is 52.4 Å². The molecule has 0 aliphatic heterocycles. The first-order valence-corrected chi connectivity index (χ1v) is 6.09. The van der Waals surface area contributed by atoms with Gasteiger partial charge in [0, 0.05) is 25.0 Å². The lowest BCUT2D eigenvalue weighted by Gasteiger charge is -1.96. The average molecular weight is 258 g/mol. The third-order valence-electron chi connectivity index (χ3n) is 1.96. The SMILES string of the molecule is CCCCCC(=O)CCC.O=C(O)/C=C\C(=O)O. The van der Waals surface area contributed by atoms with Crippen molar-refractivity contribution >= 4 is 17.7 Å². The van der Waals surface area contributed by atoms with Crippen LogP contribution in [0.25, 0.3) is 0 Å². The zero-order chi connectivity index (χ0) is 14.4. The number of ketones is 1. The molecule has 0 unspecified atom stereocenters. The van der Waals surface area contributed by atoms with Gasteiger partial charge in [0.2, 0.25) is 0 Å². The molecule has 18 heavy (non-hydrogen) atoms. The largest absolute Gasteiger partial charge is 0.478 e. The Hall–Kier alpha value is -1.65. The molecule has 5 nitrogen and oxygen atoms in total. The predicted molar refractivity (Wildman–Crippen MR) is 68.5 cm³/mol. The smallest absolute Gasteiger partial charge is 0.328 e. The minimum Gasteiger partial charge on any atom is -0.478 e. The van der Waals surface area contributed by atoms with Gasteiger partial charge in [-0.25, -0.2) is 9.59 Å².